The summed E-state index contributed by atoms with van der Waals surface area (Å²) < 4.78 is 0. The van der Waals surface area contributed by atoms with E-state index < -0.39 is 0 Å². The first-order valence-electron chi connectivity index (χ1n) is 7.39. The normalized spacial score (nSPS) is 25.4. The molecule has 0 bridgehead atoms. The van der Waals surface area contributed by atoms with Crippen molar-refractivity contribution in [1.29, 1.82) is 0 Å². The minimum atomic E-state index is 0.338. The Kier molecular flexibility index (Phi) is 5.35. The van der Waals surface area contributed by atoms with Gasteiger partial charge in [-0.05, 0) is 24.6 Å². The van der Waals surface area contributed by atoms with Crippen LogP contribution in [0.4, 0.5) is 5.69 Å². The third kappa shape index (κ3) is 3.30. The Morgan fingerprint density at radius 1 is 1.30 bits per heavy atom. The summed E-state index contributed by atoms with van der Waals surface area (Å²) in [4.78, 5) is 4.70. The maximum atomic E-state index is 6.08. The molecule has 4 heteroatoms. The Morgan fingerprint density at radius 3 is 2.50 bits per heavy atom. The quantitative estimate of drug-likeness (QED) is 0.925. The fraction of sp³-hybridized carbons (Fsp3) is 0.625. The summed E-state index contributed by atoms with van der Waals surface area (Å²) in [6, 6.07) is 9.74. The molecular weight excluding hydrogens is 266 g/mol. The standard InChI is InChI=1S/C16H27N3S/c1-12-13(2)20-10-9-19(12)16(11-17)14-5-7-15(8-6-14)18(3)4/h5-8,12-13,16H,9-11,17H2,1-4H3. The molecule has 2 N–H and O–H groups in total. The Balaban J connectivity index is 2.18. The van der Waals surface area contributed by atoms with E-state index in [0.717, 1.165) is 6.54 Å². The van der Waals surface area contributed by atoms with Gasteiger partial charge in [-0.15, -0.1) is 0 Å². The summed E-state index contributed by atoms with van der Waals surface area (Å²) in [5, 5.41) is 0.679. The van der Waals surface area contributed by atoms with E-state index in [1.807, 2.05) is 0 Å². The smallest absolute Gasteiger partial charge is 0.0474 e. The van der Waals surface area contributed by atoms with Crippen molar-refractivity contribution >= 4 is 17.4 Å². The van der Waals surface area contributed by atoms with Gasteiger partial charge in [0, 0.05) is 56.0 Å². The van der Waals surface area contributed by atoms with E-state index in [2.05, 4.69) is 73.8 Å². The first-order chi connectivity index (χ1) is 9.54. The molecule has 0 radical (unpaired) electrons. The lowest BCUT2D eigenvalue weighted by Crippen LogP contribution is -2.48. The third-order valence-electron chi connectivity index (χ3n) is 4.35. The molecule has 1 aromatic carbocycles. The van der Waals surface area contributed by atoms with Crippen LogP contribution in [0, 0.1) is 0 Å². The average Bonchev–Trinajstić information content (AvgIpc) is 2.45. The van der Waals surface area contributed by atoms with Crippen molar-refractivity contribution in [1.82, 2.24) is 4.90 Å². The first kappa shape index (κ1) is 15.7. The fourth-order valence-electron chi connectivity index (χ4n) is 2.85. The molecule has 0 saturated carbocycles. The lowest BCUT2D eigenvalue weighted by Gasteiger charge is -2.42. The van der Waals surface area contributed by atoms with Gasteiger partial charge in [0.1, 0.15) is 0 Å². The molecule has 2 rings (SSSR count). The number of benzene rings is 1. The monoisotopic (exact) mass is 293 g/mol. The van der Waals surface area contributed by atoms with Crippen molar-refractivity contribution in [2.75, 3.05) is 37.8 Å². The summed E-state index contributed by atoms with van der Waals surface area (Å²) in [6.07, 6.45) is 0. The van der Waals surface area contributed by atoms with Crippen LogP contribution in [-0.4, -0.2) is 49.1 Å². The Hall–Kier alpha value is -0.710. The molecule has 20 heavy (non-hydrogen) atoms. The van der Waals surface area contributed by atoms with Crippen molar-refractivity contribution in [2.24, 2.45) is 5.73 Å². The summed E-state index contributed by atoms with van der Waals surface area (Å²) in [5.41, 5.74) is 8.66. The number of hydrogen-bond acceptors (Lipinski definition) is 4. The van der Waals surface area contributed by atoms with E-state index in [-0.39, 0.29) is 0 Å². The van der Waals surface area contributed by atoms with Crippen molar-refractivity contribution in [3.63, 3.8) is 0 Å². The van der Waals surface area contributed by atoms with Gasteiger partial charge in [0.15, 0.2) is 0 Å². The van der Waals surface area contributed by atoms with Crippen LogP contribution in [0.25, 0.3) is 0 Å². The molecule has 1 fully saturated rings. The van der Waals surface area contributed by atoms with Gasteiger partial charge < -0.3 is 10.6 Å². The van der Waals surface area contributed by atoms with Crippen molar-refractivity contribution in [3.8, 4) is 0 Å². The second-order valence-electron chi connectivity index (χ2n) is 5.79. The number of anilines is 1. The van der Waals surface area contributed by atoms with Gasteiger partial charge in [0.05, 0.1) is 0 Å². The summed E-state index contributed by atoms with van der Waals surface area (Å²) in [6.45, 7) is 6.47. The highest BCUT2D eigenvalue weighted by molar-refractivity contribution is 8.00. The first-order valence-corrected chi connectivity index (χ1v) is 8.44. The zero-order valence-corrected chi connectivity index (χ0v) is 13.9. The van der Waals surface area contributed by atoms with Gasteiger partial charge in [-0.1, -0.05) is 19.1 Å². The molecule has 0 aliphatic carbocycles. The maximum absolute atomic E-state index is 6.08. The molecule has 0 amide bonds. The fourth-order valence-corrected chi connectivity index (χ4v) is 3.98. The summed E-state index contributed by atoms with van der Waals surface area (Å²) in [7, 11) is 4.14. The topological polar surface area (TPSA) is 32.5 Å². The Morgan fingerprint density at radius 2 is 1.95 bits per heavy atom. The van der Waals surface area contributed by atoms with Crippen LogP contribution in [0.2, 0.25) is 0 Å². The predicted molar refractivity (Wildman–Crippen MR) is 90.7 cm³/mol. The second-order valence-corrected chi connectivity index (χ2v) is 7.28. The summed E-state index contributed by atoms with van der Waals surface area (Å²) in [5.74, 6) is 1.21. The van der Waals surface area contributed by atoms with Crippen LogP contribution in [0.1, 0.15) is 25.5 Å². The van der Waals surface area contributed by atoms with E-state index in [9.17, 15) is 0 Å². The van der Waals surface area contributed by atoms with Gasteiger partial charge in [-0.2, -0.15) is 11.8 Å². The molecule has 1 aliphatic rings. The van der Waals surface area contributed by atoms with Crippen LogP contribution in [0.5, 0.6) is 0 Å². The van der Waals surface area contributed by atoms with Crippen LogP contribution in [0.15, 0.2) is 24.3 Å². The molecule has 1 saturated heterocycles. The highest BCUT2D eigenvalue weighted by atomic mass is 32.2. The highest BCUT2D eigenvalue weighted by Gasteiger charge is 2.30. The Bertz CT molecular complexity index is 418. The molecule has 3 atom stereocenters. The van der Waals surface area contributed by atoms with E-state index in [1.54, 1.807) is 0 Å². The zero-order valence-electron chi connectivity index (χ0n) is 13.0. The van der Waals surface area contributed by atoms with Gasteiger partial charge in [-0.25, -0.2) is 0 Å². The van der Waals surface area contributed by atoms with Crippen LogP contribution in [-0.2, 0) is 0 Å². The van der Waals surface area contributed by atoms with Crippen molar-refractivity contribution < 1.29 is 0 Å². The molecule has 1 aromatic rings. The number of nitrogens with two attached hydrogens (primary N) is 1. The van der Waals surface area contributed by atoms with Gasteiger partial charge in [0.25, 0.3) is 0 Å². The SMILES string of the molecule is CC1SCCN(C(CN)c2ccc(N(C)C)cc2)C1C. The largest absolute Gasteiger partial charge is 0.378 e. The van der Waals surface area contributed by atoms with Crippen molar-refractivity contribution in [3.05, 3.63) is 29.8 Å². The van der Waals surface area contributed by atoms with Gasteiger partial charge >= 0.3 is 0 Å². The van der Waals surface area contributed by atoms with E-state index >= 15 is 0 Å². The number of rotatable bonds is 4. The number of hydrogen-bond donors (Lipinski definition) is 1. The maximum Gasteiger partial charge on any atom is 0.0474 e. The van der Waals surface area contributed by atoms with E-state index in [4.69, 9.17) is 5.73 Å². The predicted octanol–water partition coefficient (Wildman–Crippen LogP) is 2.58. The molecule has 112 valence electrons. The van der Waals surface area contributed by atoms with Gasteiger partial charge in [-0.3, -0.25) is 4.90 Å². The molecule has 3 nitrogen and oxygen atoms in total. The minimum absolute atomic E-state index is 0.338. The minimum Gasteiger partial charge on any atom is -0.378 e. The third-order valence-corrected chi connectivity index (χ3v) is 5.69. The van der Waals surface area contributed by atoms with Crippen LogP contribution >= 0.6 is 11.8 Å². The summed E-state index contributed by atoms with van der Waals surface area (Å²) >= 11 is 2.07. The molecule has 0 aromatic heterocycles. The van der Waals surface area contributed by atoms with Crippen LogP contribution in [0.3, 0.4) is 0 Å². The van der Waals surface area contributed by atoms with E-state index in [0.29, 0.717) is 23.9 Å². The molecule has 1 aliphatic heterocycles. The lowest BCUT2D eigenvalue weighted by molar-refractivity contribution is 0.150. The highest BCUT2D eigenvalue weighted by Crippen LogP contribution is 2.31. The second kappa shape index (κ2) is 6.83. The van der Waals surface area contributed by atoms with Gasteiger partial charge in [0.2, 0.25) is 0 Å². The van der Waals surface area contributed by atoms with Crippen LogP contribution < -0.4 is 10.6 Å². The Labute approximate surface area is 127 Å². The van der Waals surface area contributed by atoms with Crippen molar-refractivity contribution in [2.45, 2.75) is 31.2 Å². The van der Waals surface area contributed by atoms with E-state index in [1.165, 1.54) is 17.0 Å². The molecule has 1 heterocycles. The molecule has 3 unspecified atom stereocenters. The zero-order chi connectivity index (χ0) is 14.7. The lowest BCUT2D eigenvalue weighted by atomic mass is 10.0. The number of thioether (sulfide) groups is 1. The number of nitrogens with zero attached hydrogens (tertiary/aromatic N) is 2. The molecule has 0 spiro atoms. The average molecular weight is 293 g/mol. The molecular formula is C16H27N3S.